The van der Waals surface area contributed by atoms with Crippen molar-refractivity contribution in [3.05, 3.63) is 23.2 Å². The molecule has 1 aliphatic heterocycles. The lowest BCUT2D eigenvalue weighted by atomic mass is 9.76. The Bertz CT molecular complexity index is 385. The summed E-state index contributed by atoms with van der Waals surface area (Å²) < 4.78 is 11.2. The van der Waals surface area contributed by atoms with Crippen LogP contribution in [0.15, 0.2) is 18.2 Å². The van der Waals surface area contributed by atoms with Crippen molar-refractivity contribution in [1.29, 1.82) is 0 Å². The van der Waals surface area contributed by atoms with E-state index >= 15 is 0 Å². The molecule has 0 aromatic heterocycles. The normalized spacial score (nSPS) is 19.8. The van der Waals surface area contributed by atoms with Crippen LogP contribution in [0.5, 0.6) is 5.75 Å². The first-order chi connectivity index (χ1) is 7.48. The molecule has 86 valence electrons. The van der Waals surface area contributed by atoms with E-state index in [9.17, 15) is 5.11 Å². The Labute approximate surface area is 100 Å². The Morgan fingerprint density at radius 2 is 1.94 bits per heavy atom. The molecule has 2 rings (SSSR count). The largest absolute Gasteiger partial charge is 0.508 e. The summed E-state index contributed by atoms with van der Waals surface area (Å²) in [5.74, 6) is 0.163. The van der Waals surface area contributed by atoms with Gasteiger partial charge in [0.25, 0.3) is 0 Å². The zero-order chi connectivity index (χ0) is 11.8. The van der Waals surface area contributed by atoms with E-state index in [0.29, 0.717) is 23.7 Å². The first kappa shape index (κ1) is 11.8. The molecule has 0 radical (unpaired) electrons. The van der Waals surface area contributed by atoms with Gasteiger partial charge in [0.2, 0.25) is 0 Å². The quantitative estimate of drug-likeness (QED) is 0.761. The molecule has 1 aromatic carbocycles. The van der Waals surface area contributed by atoms with Gasteiger partial charge in [-0.2, -0.15) is 0 Å². The fourth-order valence-electron chi connectivity index (χ4n) is 1.58. The fraction of sp³-hybridized carbons (Fsp3) is 0.455. The standard InChI is InChI=1S/C11H14BClO3/c1-11(2)6-15-12(16-7-11)9-5-8(14)3-4-10(9)13/h3-5,14H,6-7H2,1-2H3. The number of aromatic hydroxyl groups is 1. The van der Waals surface area contributed by atoms with Crippen LogP contribution in [-0.4, -0.2) is 25.4 Å². The molecule has 1 aromatic rings. The number of benzene rings is 1. The smallest absolute Gasteiger partial charge is 0.495 e. The van der Waals surface area contributed by atoms with E-state index in [0.717, 1.165) is 0 Å². The molecule has 1 fully saturated rings. The van der Waals surface area contributed by atoms with Crippen molar-refractivity contribution >= 4 is 24.2 Å². The maximum Gasteiger partial charge on any atom is 0.495 e. The number of hydrogen-bond donors (Lipinski definition) is 1. The molecule has 1 N–H and O–H groups in total. The first-order valence-corrected chi connectivity index (χ1v) is 5.57. The predicted octanol–water partition coefficient (Wildman–Crippen LogP) is 1.81. The minimum Gasteiger partial charge on any atom is -0.508 e. The van der Waals surface area contributed by atoms with Crippen molar-refractivity contribution in [3.8, 4) is 5.75 Å². The van der Waals surface area contributed by atoms with Gasteiger partial charge in [0.1, 0.15) is 5.75 Å². The minimum atomic E-state index is -0.479. The number of halogens is 1. The van der Waals surface area contributed by atoms with Crippen molar-refractivity contribution in [2.45, 2.75) is 13.8 Å². The second-order valence-electron chi connectivity index (χ2n) is 4.82. The maximum atomic E-state index is 9.40. The van der Waals surface area contributed by atoms with Crippen LogP contribution < -0.4 is 5.46 Å². The van der Waals surface area contributed by atoms with Crippen LogP contribution >= 0.6 is 11.6 Å². The van der Waals surface area contributed by atoms with Crippen molar-refractivity contribution < 1.29 is 14.4 Å². The predicted molar refractivity (Wildman–Crippen MR) is 64.2 cm³/mol. The first-order valence-electron chi connectivity index (χ1n) is 5.20. The molecule has 0 atom stereocenters. The number of rotatable bonds is 1. The zero-order valence-electron chi connectivity index (χ0n) is 9.37. The van der Waals surface area contributed by atoms with Gasteiger partial charge in [0.05, 0.1) is 0 Å². The SMILES string of the molecule is CC1(C)COB(c2cc(O)ccc2Cl)OC1. The average molecular weight is 240 g/mol. The second kappa shape index (κ2) is 4.28. The third-order valence-electron chi connectivity index (χ3n) is 2.48. The van der Waals surface area contributed by atoms with E-state index < -0.39 is 7.12 Å². The van der Waals surface area contributed by atoms with E-state index in [4.69, 9.17) is 20.9 Å². The van der Waals surface area contributed by atoms with Crippen molar-refractivity contribution in [1.82, 2.24) is 0 Å². The van der Waals surface area contributed by atoms with Gasteiger partial charge in [0, 0.05) is 29.1 Å². The Morgan fingerprint density at radius 1 is 1.31 bits per heavy atom. The van der Waals surface area contributed by atoms with Gasteiger partial charge < -0.3 is 14.4 Å². The third kappa shape index (κ3) is 2.51. The molecular weight excluding hydrogens is 226 g/mol. The molecular formula is C11H14BClO3. The van der Waals surface area contributed by atoms with Crippen LogP contribution in [0, 0.1) is 5.41 Å². The summed E-state index contributed by atoms with van der Waals surface area (Å²) in [6.45, 7) is 5.38. The summed E-state index contributed by atoms with van der Waals surface area (Å²) >= 11 is 6.03. The minimum absolute atomic E-state index is 0.0276. The Balaban J connectivity index is 2.17. The van der Waals surface area contributed by atoms with Crippen LogP contribution in [0.4, 0.5) is 0 Å². The molecule has 0 amide bonds. The van der Waals surface area contributed by atoms with Crippen LogP contribution in [0.2, 0.25) is 5.02 Å². The van der Waals surface area contributed by atoms with Crippen LogP contribution in [0.1, 0.15) is 13.8 Å². The topological polar surface area (TPSA) is 38.7 Å². The van der Waals surface area contributed by atoms with Gasteiger partial charge in [0.15, 0.2) is 0 Å². The Hall–Kier alpha value is -0.705. The lowest BCUT2D eigenvalue weighted by molar-refractivity contribution is 0.0343. The van der Waals surface area contributed by atoms with Gasteiger partial charge in [-0.15, -0.1) is 0 Å². The lowest BCUT2D eigenvalue weighted by Crippen LogP contribution is -2.47. The second-order valence-corrected chi connectivity index (χ2v) is 5.23. The van der Waals surface area contributed by atoms with Gasteiger partial charge in [-0.25, -0.2) is 0 Å². The molecule has 16 heavy (non-hydrogen) atoms. The van der Waals surface area contributed by atoms with Crippen molar-refractivity contribution in [2.24, 2.45) is 5.41 Å². The monoisotopic (exact) mass is 240 g/mol. The zero-order valence-corrected chi connectivity index (χ0v) is 10.1. The molecule has 0 aliphatic carbocycles. The van der Waals surface area contributed by atoms with Crippen LogP contribution in [0.25, 0.3) is 0 Å². The van der Waals surface area contributed by atoms with E-state index in [1.807, 2.05) is 0 Å². The summed E-state index contributed by atoms with van der Waals surface area (Å²) in [7, 11) is -0.479. The molecule has 0 spiro atoms. The summed E-state index contributed by atoms with van der Waals surface area (Å²) in [6, 6.07) is 4.75. The molecule has 3 nitrogen and oxygen atoms in total. The van der Waals surface area contributed by atoms with E-state index in [2.05, 4.69) is 13.8 Å². The van der Waals surface area contributed by atoms with Crippen LogP contribution in [-0.2, 0) is 9.31 Å². The van der Waals surface area contributed by atoms with Crippen molar-refractivity contribution in [2.75, 3.05) is 13.2 Å². The van der Waals surface area contributed by atoms with E-state index in [1.165, 1.54) is 0 Å². The highest BCUT2D eigenvalue weighted by Gasteiger charge is 2.34. The van der Waals surface area contributed by atoms with Gasteiger partial charge >= 0.3 is 7.12 Å². The summed E-state index contributed by atoms with van der Waals surface area (Å²) in [5, 5.41) is 9.95. The summed E-state index contributed by atoms with van der Waals surface area (Å²) in [6.07, 6.45) is 0. The molecule has 0 unspecified atom stereocenters. The highest BCUT2D eigenvalue weighted by atomic mass is 35.5. The summed E-state index contributed by atoms with van der Waals surface area (Å²) in [4.78, 5) is 0. The van der Waals surface area contributed by atoms with Gasteiger partial charge in [-0.05, 0) is 18.2 Å². The average Bonchev–Trinajstić information content (AvgIpc) is 2.22. The van der Waals surface area contributed by atoms with E-state index in [-0.39, 0.29) is 11.2 Å². The molecule has 1 saturated heterocycles. The fourth-order valence-corrected chi connectivity index (χ4v) is 1.79. The molecule has 1 heterocycles. The van der Waals surface area contributed by atoms with Gasteiger partial charge in [-0.3, -0.25) is 0 Å². The van der Waals surface area contributed by atoms with Crippen molar-refractivity contribution in [3.63, 3.8) is 0 Å². The molecule has 0 bridgehead atoms. The molecule has 0 saturated carbocycles. The highest BCUT2D eigenvalue weighted by Crippen LogP contribution is 2.23. The van der Waals surface area contributed by atoms with Gasteiger partial charge in [-0.1, -0.05) is 25.4 Å². The lowest BCUT2D eigenvalue weighted by Gasteiger charge is -2.33. The van der Waals surface area contributed by atoms with E-state index in [1.54, 1.807) is 18.2 Å². The number of phenols is 1. The molecule has 1 aliphatic rings. The number of phenolic OH excluding ortho intramolecular Hbond substituents is 1. The Morgan fingerprint density at radius 3 is 2.56 bits per heavy atom. The van der Waals surface area contributed by atoms with Crippen LogP contribution in [0.3, 0.4) is 0 Å². The summed E-state index contributed by atoms with van der Waals surface area (Å²) in [5.41, 5.74) is 0.706. The number of hydrogen-bond acceptors (Lipinski definition) is 3. The molecule has 5 heteroatoms. The third-order valence-corrected chi connectivity index (χ3v) is 2.83. The highest BCUT2D eigenvalue weighted by molar-refractivity contribution is 6.65. The Kier molecular flexibility index (Phi) is 3.15. The maximum absolute atomic E-state index is 9.40.